The topological polar surface area (TPSA) is 28.7 Å². The van der Waals surface area contributed by atoms with Gasteiger partial charge in [-0.25, -0.2) is 4.98 Å². The van der Waals surface area contributed by atoms with E-state index in [2.05, 4.69) is 62.2 Å². The van der Waals surface area contributed by atoms with Crippen molar-refractivity contribution in [3.63, 3.8) is 0 Å². The van der Waals surface area contributed by atoms with E-state index in [4.69, 9.17) is 4.98 Å². The summed E-state index contributed by atoms with van der Waals surface area (Å²) in [5, 5.41) is 0. The summed E-state index contributed by atoms with van der Waals surface area (Å²) in [6.45, 7) is 6.43. The minimum atomic E-state index is 0. The molecule has 0 aliphatic rings. The number of imidazole rings is 1. The van der Waals surface area contributed by atoms with Gasteiger partial charge in [0.15, 0.2) is 0 Å². The van der Waals surface area contributed by atoms with Crippen LogP contribution < -0.4 is 0 Å². The summed E-state index contributed by atoms with van der Waals surface area (Å²) in [5.74, 6) is 1.29. The third-order valence-corrected chi connectivity index (χ3v) is 4.46. The maximum atomic E-state index is 4.78. The Morgan fingerprint density at radius 3 is 2.12 bits per heavy atom. The summed E-state index contributed by atoms with van der Waals surface area (Å²) in [7, 11) is 0. The van der Waals surface area contributed by atoms with Crippen LogP contribution in [-0.4, -0.2) is 9.97 Å². The van der Waals surface area contributed by atoms with Gasteiger partial charge in [-0.15, -0.1) is 5.56 Å². The molecule has 1 atom stereocenters. The van der Waals surface area contributed by atoms with E-state index in [-0.39, 0.29) is 38.6 Å². The third kappa shape index (κ3) is 4.90. The molecule has 0 radical (unpaired) electrons. The zero-order valence-electron chi connectivity index (χ0n) is 15.5. The molecule has 1 N–H and O–H groups in total. The summed E-state index contributed by atoms with van der Waals surface area (Å²) < 4.78 is 0. The molecule has 26 heavy (non-hydrogen) atoms. The summed E-state index contributed by atoms with van der Waals surface area (Å²) in [6, 6.07) is 27.9. The van der Waals surface area contributed by atoms with E-state index in [9.17, 15) is 0 Å². The Morgan fingerprint density at radius 1 is 0.885 bits per heavy atom. The summed E-state index contributed by atoms with van der Waals surface area (Å²) in [5.41, 5.74) is 6.00. The van der Waals surface area contributed by atoms with E-state index >= 15 is 0 Å². The van der Waals surface area contributed by atoms with Gasteiger partial charge < -0.3 is 4.98 Å². The van der Waals surface area contributed by atoms with Gasteiger partial charge in [0.2, 0.25) is 0 Å². The van der Waals surface area contributed by atoms with Crippen molar-refractivity contribution in [1.29, 1.82) is 0 Å². The van der Waals surface area contributed by atoms with Gasteiger partial charge in [-0.3, -0.25) is 0 Å². The molecule has 3 aromatic carbocycles. The molecule has 1 unspecified atom stereocenters. The van der Waals surface area contributed by atoms with Crippen LogP contribution in [0.1, 0.15) is 35.4 Å². The molecule has 0 aliphatic heterocycles. The molecular weight excluding hydrogens is 393 g/mol. The normalized spacial score (nSPS) is 11.2. The fourth-order valence-corrected chi connectivity index (χ4v) is 2.73. The first-order valence-corrected chi connectivity index (χ1v) is 8.49. The second-order valence-electron chi connectivity index (χ2n) is 6.16. The minimum Gasteiger partial charge on any atom is -0.342 e. The number of H-pyrrole nitrogens is 1. The number of rotatable bonds is 2. The molecule has 2 nitrogen and oxygen atoms in total. The second kappa shape index (κ2) is 9.80. The number of aromatic nitrogens is 2. The predicted octanol–water partition coefficient (Wildman–Crippen LogP) is 5.62. The van der Waals surface area contributed by atoms with Crippen molar-refractivity contribution < 1.29 is 32.7 Å². The molecule has 0 fully saturated rings. The number of hydrogen-bond donors (Lipinski definition) is 1. The number of benzene rings is 3. The monoisotopic (exact) mass is 415 g/mol. The van der Waals surface area contributed by atoms with E-state index < -0.39 is 0 Å². The summed E-state index contributed by atoms with van der Waals surface area (Å²) >= 11 is 0. The quantitative estimate of drug-likeness (QED) is 0.423. The smallest absolute Gasteiger partial charge is 0.342 e. The first kappa shape index (κ1) is 20.5. The van der Waals surface area contributed by atoms with Gasteiger partial charge in [0, 0.05) is 5.92 Å². The van der Waals surface area contributed by atoms with Crippen molar-refractivity contribution >= 4 is 11.0 Å². The van der Waals surface area contributed by atoms with Crippen molar-refractivity contribution in [1.82, 2.24) is 9.97 Å². The zero-order valence-corrected chi connectivity index (χ0v) is 18.3. The first-order valence-electron chi connectivity index (χ1n) is 8.49. The van der Waals surface area contributed by atoms with Crippen LogP contribution in [0.2, 0.25) is 0 Å². The average molecular weight is 415 g/mol. The molecule has 4 aromatic rings. The molecule has 0 spiro atoms. The minimum absolute atomic E-state index is 0. The van der Waals surface area contributed by atoms with E-state index in [0.717, 1.165) is 16.9 Å². The summed E-state index contributed by atoms with van der Waals surface area (Å²) in [4.78, 5) is 8.22. The molecule has 0 saturated heterocycles. The largest absolute Gasteiger partial charge is 3.00 e. The van der Waals surface area contributed by atoms with Gasteiger partial charge in [0.25, 0.3) is 0 Å². The van der Waals surface area contributed by atoms with Crippen LogP contribution in [0, 0.1) is 26.0 Å². The molecule has 3 heteroatoms. The van der Waals surface area contributed by atoms with Gasteiger partial charge in [-0.05, 0) is 31.0 Å². The fraction of sp³-hybridized carbons (Fsp3) is 0.174. The third-order valence-electron chi connectivity index (χ3n) is 4.46. The average Bonchev–Trinajstić information content (AvgIpc) is 3.12. The van der Waals surface area contributed by atoms with Crippen LogP contribution in [-0.2, 0) is 32.7 Å². The maximum absolute atomic E-state index is 4.78. The van der Waals surface area contributed by atoms with Crippen molar-refractivity contribution in [2.24, 2.45) is 0 Å². The van der Waals surface area contributed by atoms with Crippen molar-refractivity contribution in [3.8, 4) is 0 Å². The number of hydrogen-bond acceptors (Lipinski definition) is 1. The Kier molecular flexibility index (Phi) is 7.74. The molecule has 0 amide bonds. The summed E-state index contributed by atoms with van der Waals surface area (Å²) in [6.07, 6.45) is 0. The maximum Gasteiger partial charge on any atom is 3.00 e. The number of aromatic amines is 1. The zero-order chi connectivity index (χ0) is 17.6. The number of aryl methyl sites for hydroxylation is 2. The molecule has 1 heterocycles. The van der Waals surface area contributed by atoms with Gasteiger partial charge in [0.1, 0.15) is 5.82 Å². The van der Waals surface area contributed by atoms with Crippen LogP contribution in [0.15, 0.2) is 66.7 Å². The number of nitrogens with one attached hydrogen (secondary N) is 1. The van der Waals surface area contributed by atoms with Crippen LogP contribution in [0.3, 0.4) is 0 Å². The van der Waals surface area contributed by atoms with E-state index in [1.165, 1.54) is 16.7 Å². The number of nitrogens with zero attached hydrogens (tertiary/aromatic N) is 1. The Hall–Kier alpha value is -1.77. The molecule has 0 saturated carbocycles. The Balaban J connectivity index is 0.000000297. The molecular formula is C23H22N2Y+. The van der Waals surface area contributed by atoms with Crippen molar-refractivity contribution in [2.75, 3.05) is 0 Å². The Labute approximate surface area is 181 Å². The molecule has 0 bridgehead atoms. The van der Waals surface area contributed by atoms with E-state index in [1.807, 2.05) is 42.5 Å². The predicted molar refractivity (Wildman–Crippen MR) is 104 cm³/mol. The van der Waals surface area contributed by atoms with Gasteiger partial charge >= 0.3 is 32.7 Å². The fourth-order valence-electron chi connectivity index (χ4n) is 2.73. The van der Waals surface area contributed by atoms with Crippen LogP contribution in [0.25, 0.3) is 11.0 Å². The molecule has 4 rings (SSSR count). The van der Waals surface area contributed by atoms with Crippen molar-refractivity contribution in [3.05, 3.63) is 101 Å². The standard InChI is InChI=1S/C17H17N2.C6H5.Y/c1-11-9-10-15-16(12(11)2)19-17(18-15)13(3)14-7-5-4-6-8-14;1-2-4-6-5-3-1;/h5-10,13H,1-3H3,(H,18,19);1-5H;/q2*-1;+3. The van der Waals surface area contributed by atoms with Gasteiger partial charge in [0.05, 0.1) is 11.0 Å². The SMILES string of the molecule is Cc1ccc2[nH]c(C(C)c3cc[c-]cc3)nc2c1C.[Y+3].[c-]1ccccc1. The first-order chi connectivity index (χ1) is 12.2. The molecule has 1 aromatic heterocycles. The van der Waals surface area contributed by atoms with E-state index in [1.54, 1.807) is 0 Å². The number of fused-ring (bicyclic) bond motifs is 1. The van der Waals surface area contributed by atoms with E-state index in [0.29, 0.717) is 0 Å². The molecule has 0 aliphatic carbocycles. The Morgan fingerprint density at radius 2 is 1.54 bits per heavy atom. The molecule has 126 valence electrons. The Bertz CT molecular complexity index is 904. The van der Waals surface area contributed by atoms with Crippen LogP contribution in [0.4, 0.5) is 0 Å². The second-order valence-corrected chi connectivity index (χ2v) is 6.16. The van der Waals surface area contributed by atoms with Crippen LogP contribution in [0.5, 0.6) is 0 Å². The van der Waals surface area contributed by atoms with Gasteiger partial charge in [-0.1, -0.05) is 13.0 Å². The van der Waals surface area contributed by atoms with Crippen LogP contribution >= 0.6 is 0 Å². The van der Waals surface area contributed by atoms with Crippen molar-refractivity contribution in [2.45, 2.75) is 26.7 Å². The van der Waals surface area contributed by atoms with Gasteiger partial charge in [-0.2, -0.15) is 66.7 Å².